The van der Waals surface area contributed by atoms with Crippen molar-refractivity contribution in [3.05, 3.63) is 23.4 Å². The lowest BCUT2D eigenvalue weighted by atomic mass is 10.1. The number of imide groups is 1. The number of halogens is 1. The summed E-state index contributed by atoms with van der Waals surface area (Å²) in [5.74, 6) is 0.102. The Balaban J connectivity index is 1.54. The highest BCUT2D eigenvalue weighted by Crippen LogP contribution is 2.23. The van der Waals surface area contributed by atoms with Crippen molar-refractivity contribution in [1.29, 1.82) is 0 Å². The predicted octanol–water partition coefficient (Wildman–Crippen LogP) is -0.0183. The zero-order valence-electron chi connectivity index (χ0n) is 12.3. The molecule has 2 aliphatic heterocycles. The topological polar surface area (TPSA) is 94.6 Å². The first kappa shape index (κ1) is 15.5. The van der Waals surface area contributed by atoms with E-state index in [-0.39, 0.29) is 12.3 Å². The number of piperazine rings is 1. The fraction of sp³-hybridized carbons (Fsp3) is 0.429. The van der Waals surface area contributed by atoms with Gasteiger partial charge in [0.2, 0.25) is 5.91 Å². The number of urea groups is 1. The van der Waals surface area contributed by atoms with Crippen molar-refractivity contribution in [2.45, 2.75) is 12.5 Å². The van der Waals surface area contributed by atoms with Gasteiger partial charge in [0.1, 0.15) is 11.9 Å². The Hall–Kier alpha value is -2.35. The Labute approximate surface area is 137 Å². The minimum atomic E-state index is -0.779. The number of hydrogen-bond acceptors (Lipinski definition) is 5. The molecule has 0 saturated carbocycles. The second kappa shape index (κ2) is 6.41. The molecule has 0 aliphatic carbocycles. The standard InChI is InChI=1S/C14H16ClN5O3/c15-9-2-1-3-16-12(9)20-6-4-19(5-7-20)11(21)8-10-13(22)18-14(23)17-10/h1-3,10H,4-8H2,(H2,17,18,22,23)/t10-/m1/s1. The normalized spacial score (nSPS) is 21.2. The van der Waals surface area contributed by atoms with Gasteiger partial charge in [-0.25, -0.2) is 9.78 Å². The maximum Gasteiger partial charge on any atom is 0.322 e. The zero-order chi connectivity index (χ0) is 16.4. The van der Waals surface area contributed by atoms with Gasteiger partial charge in [0.15, 0.2) is 0 Å². The van der Waals surface area contributed by atoms with Crippen molar-refractivity contribution in [1.82, 2.24) is 20.5 Å². The minimum Gasteiger partial charge on any atom is -0.352 e. The van der Waals surface area contributed by atoms with Crippen LogP contribution in [0, 0.1) is 0 Å². The molecule has 0 aromatic carbocycles. The van der Waals surface area contributed by atoms with E-state index in [1.54, 1.807) is 23.2 Å². The number of aromatic nitrogens is 1. The number of nitrogens with one attached hydrogen (secondary N) is 2. The molecular formula is C14H16ClN5O3. The molecule has 3 rings (SSSR count). The van der Waals surface area contributed by atoms with Crippen LogP contribution in [0.2, 0.25) is 5.02 Å². The minimum absolute atomic E-state index is 0.0259. The monoisotopic (exact) mass is 337 g/mol. The van der Waals surface area contributed by atoms with Gasteiger partial charge < -0.3 is 15.1 Å². The fourth-order valence-corrected chi connectivity index (χ4v) is 2.93. The van der Waals surface area contributed by atoms with Gasteiger partial charge in [0, 0.05) is 32.4 Å². The van der Waals surface area contributed by atoms with Crippen molar-refractivity contribution in [3.8, 4) is 0 Å². The summed E-state index contributed by atoms with van der Waals surface area (Å²) in [6, 6.07) is 2.22. The maximum atomic E-state index is 12.3. The number of carbonyl (C=O) groups is 3. The van der Waals surface area contributed by atoms with Crippen LogP contribution in [0.5, 0.6) is 0 Å². The number of nitrogens with zero attached hydrogens (tertiary/aromatic N) is 3. The Bertz CT molecular complexity index is 645. The average Bonchev–Trinajstić information content (AvgIpc) is 2.85. The summed E-state index contributed by atoms with van der Waals surface area (Å²) in [5, 5.41) is 5.13. The smallest absolute Gasteiger partial charge is 0.322 e. The molecule has 2 fully saturated rings. The molecule has 1 aromatic heterocycles. The molecule has 0 unspecified atom stereocenters. The molecule has 2 aliphatic rings. The Morgan fingerprint density at radius 2 is 2.04 bits per heavy atom. The number of carbonyl (C=O) groups excluding carboxylic acids is 3. The van der Waals surface area contributed by atoms with Crippen LogP contribution in [0.3, 0.4) is 0 Å². The number of amides is 4. The molecule has 23 heavy (non-hydrogen) atoms. The van der Waals surface area contributed by atoms with Gasteiger partial charge >= 0.3 is 6.03 Å². The zero-order valence-corrected chi connectivity index (χ0v) is 13.0. The van der Waals surface area contributed by atoms with Crippen LogP contribution in [0.1, 0.15) is 6.42 Å². The number of anilines is 1. The predicted molar refractivity (Wildman–Crippen MR) is 83.1 cm³/mol. The van der Waals surface area contributed by atoms with Gasteiger partial charge in [-0.2, -0.15) is 0 Å². The average molecular weight is 338 g/mol. The molecule has 2 N–H and O–H groups in total. The summed E-state index contributed by atoms with van der Waals surface area (Å²) >= 11 is 6.13. The lowest BCUT2D eigenvalue weighted by Gasteiger charge is -2.36. The van der Waals surface area contributed by atoms with Gasteiger partial charge in [0.05, 0.1) is 11.4 Å². The molecule has 4 amide bonds. The third kappa shape index (κ3) is 3.37. The van der Waals surface area contributed by atoms with E-state index in [2.05, 4.69) is 15.6 Å². The van der Waals surface area contributed by atoms with Crippen molar-refractivity contribution >= 4 is 35.3 Å². The van der Waals surface area contributed by atoms with E-state index in [1.807, 2.05) is 4.90 Å². The van der Waals surface area contributed by atoms with Crippen molar-refractivity contribution in [2.24, 2.45) is 0 Å². The van der Waals surface area contributed by atoms with Gasteiger partial charge in [-0.3, -0.25) is 14.9 Å². The maximum absolute atomic E-state index is 12.3. The van der Waals surface area contributed by atoms with Gasteiger partial charge in [-0.1, -0.05) is 11.6 Å². The Morgan fingerprint density at radius 3 is 2.65 bits per heavy atom. The van der Waals surface area contributed by atoms with E-state index in [0.29, 0.717) is 37.0 Å². The summed E-state index contributed by atoms with van der Waals surface area (Å²) < 4.78 is 0. The fourth-order valence-electron chi connectivity index (χ4n) is 2.68. The van der Waals surface area contributed by atoms with E-state index in [4.69, 9.17) is 11.6 Å². The van der Waals surface area contributed by atoms with Crippen molar-refractivity contribution in [2.75, 3.05) is 31.1 Å². The molecule has 0 bridgehead atoms. The molecule has 9 heteroatoms. The highest BCUT2D eigenvalue weighted by atomic mass is 35.5. The van der Waals surface area contributed by atoms with Gasteiger partial charge in [0.25, 0.3) is 5.91 Å². The summed E-state index contributed by atoms with van der Waals surface area (Å²) in [7, 11) is 0. The second-order valence-corrected chi connectivity index (χ2v) is 5.80. The lowest BCUT2D eigenvalue weighted by molar-refractivity contribution is -0.134. The number of rotatable bonds is 3. The molecule has 0 spiro atoms. The first-order valence-electron chi connectivity index (χ1n) is 7.29. The highest BCUT2D eigenvalue weighted by molar-refractivity contribution is 6.32. The third-order valence-corrected chi connectivity index (χ3v) is 4.20. The first-order valence-corrected chi connectivity index (χ1v) is 7.67. The molecule has 0 radical (unpaired) electrons. The third-order valence-electron chi connectivity index (χ3n) is 3.91. The molecule has 1 atom stereocenters. The van der Waals surface area contributed by atoms with E-state index in [1.165, 1.54) is 0 Å². The molecule has 122 valence electrons. The van der Waals surface area contributed by atoms with Crippen molar-refractivity contribution in [3.63, 3.8) is 0 Å². The number of hydrogen-bond donors (Lipinski definition) is 2. The molecule has 8 nitrogen and oxygen atoms in total. The molecule has 2 saturated heterocycles. The Morgan fingerprint density at radius 1 is 1.30 bits per heavy atom. The van der Waals surface area contributed by atoms with Crippen molar-refractivity contribution < 1.29 is 14.4 Å². The van der Waals surface area contributed by atoms with Crippen LogP contribution < -0.4 is 15.5 Å². The largest absolute Gasteiger partial charge is 0.352 e. The van der Waals surface area contributed by atoms with Gasteiger partial charge in [-0.05, 0) is 12.1 Å². The van der Waals surface area contributed by atoms with Crippen LogP contribution in [0.25, 0.3) is 0 Å². The SMILES string of the molecule is O=C1NC(=O)[C@@H](CC(=O)N2CCN(c3ncccc3Cl)CC2)N1. The molecular weight excluding hydrogens is 322 g/mol. The summed E-state index contributed by atoms with van der Waals surface area (Å²) in [5.41, 5.74) is 0. The van der Waals surface area contributed by atoms with E-state index in [9.17, 15) is 14.4 Å². The van der Waals surface area contributed by atoms with E-state index in [0.717, 1.165) is 0 Å². The first-order chi connectivity index (χ1) is 11.0. The lowest BCUT2D eigenvalue weighted by Crippen LogP contribution is -2.50. The van der Waals surface area contributed by atoms with Crippen LogP contribution in [0.4, 0.5) is 10.6 Å². The Kier molecular flexibility index (Phi) is 4.33. The number of pyridine rings is 1. The van der Waals surface area contributed by atoms with Gasteiger partial charge in [-0.15, -0.1) is 0 Å². The summed E-state index contributed by atoms with van der Waals surface area (Å²) in [6.07, 6.45) is 1.65. The summed E-state index contributed by atoms with van der Waals surface area (Å²) in [6.45, 7) is 2.28. The van der Waals surface area contributed by atoms with Crippen LogP contribution in [0.15, 0.2) is 18.3 Å². The van der Waals surface area contributed by atoms with Crippen LogP contribution in [-0.4, -0.2) is 60.0 Å². The summed E-state index contributed by atoms with van der Waals surface area (Å²) in [4.78, 5) is 42.8. The quantitative estimate of drug-likeness (QED) is 0.756. The second-order valence-electron chi connectivity index (χ2n) is 5.40. The molecule has 3 heterocycles. The molecule has 1 aromatic rings. The van der Waals surface area contributed by atoms with E-state index >= 15 is 0 Å². The van der Waals surface area contributed by atoms with Crippen LogP contribution in [-0.2, 0) is 9.59 Å². The van der Waals surface area contributed by atoms with E-state index < -0.39 is 18.0 Å². The van der Waals surface area contributed by atoms with Crippen LogP contribution >= 0.6 is 11.6 Å². The highest BCUT2D eigenvalue weighted by Gasteiger charge is 2.33.